The van der Waals surface area contributed by atoms with Crippen molar-refractivity contribution in [3.8, 4) is 11.1 Å². The average Bonchev–Trinajstić information content (AvgIpc) is 2.57. The normalized spacial score (nSPS) is 22.1. The first-order valence-electron chi connectivity index (χ1n) is 8.12. The van der Waals surface area contributed by atoms with Gasteiger partial charge in [0.1, 0.15) is 0 Å². The zero-order valence-electron chi connectivity index (χ0n) is 12.5. The molecule has 1 N–H and O–H groups in total. The van der Waals surface area contributed by atoms with Crippen molar-refractivity contribution < 1.29 is 5.11 Å². The van der Waals surface area contributed by atoms with Crippen LogP contribution in [0.5, 0.6) is 0 Å². The van der Waals surface area contributed by atoms with Crippen molar-refractivity contribution in [3.63, 3.8) is 0 Å². The quantitative estimate of drug-likeness (QED) is 0.861. The molecule has 0 aromatic heterocycles. The summed E-state index contributed by atoms with van der Waals surface area (Å²) < 4.78 is 0. The number of hydrogen-bond donors (Lipinski definition) is 1. The van der Waals surface area contributed by atoms with Gasteiger partial charge in [0.2, 0.25) is 0 Å². The summed E-state index contributed by atoms with van der Waals surface area (Å²) in [6.45, 7) is 0.354. The van der Waals surface area contributed by atoms with Gasteiger partial charge in [-0.1, -0.05) is 67.4 Å². The average molecular weight is 280 g/mol. The predicted octanol–water partition coefficient (Wildman–Crippen LogP) is 4.69. The van der Waals surface area contributed by atoms with Crippen molar-refractivity contribution in [1.82, 2.24) is 0 Å². The van der Waals surface area contributed by atoms with Gasteiger partial charge in [-0.15, -0.1) is 0 Å². The highest BCUT2D eigenvalue weighted by atomic mass is 16.3. The SMILES string of the molecule is OCC1CCCCC1Cc1ccc(-c2ccccc2)cc1. The molecule has 0 aliphatic heterocycles. The largest absolute Gasteiger partial charge is 0.396 e. The molecule has 0 saturated heterocycles. The monoisotopic (exact) mass is 280 g/mol. The van der Waals surface area contributed by atoms with Crippen molar-refractivity contribution in [2.24, 2.45) is 11.8 Å². The summed E-state index contributed by atoms with van der Waals surface area (Å²) in [6.07, 6.45) is 6.19. The van der Waals surface area contributed by atoms with Crippen LogP contribution in [0.3, 0.4) is 0 Å². The fourth-order valence-electron chi connectivity index (χ4n) is 3.56. The van der Waals surface area contributed by atoms with Crippen LogP contribution in [-0.4, -0.2) is 11.7 Å². The molecule has 2 aromatic rings. The number of aliphatic hydroxyl groups is 1. The van der Waals surface area contributed by atoms with Gasteiger partial charge in [-0.2, -0.15) is 0 Å². The van der Waals surface area contributed by atoms with Crippen LogP contribution in [0.25, 0.3) is 11.1 Å². The van der Waals surface area contributed by atoms with Gasteiger partial charge in [0, 0.05) is 6.61 Å². The Balaban J connectivity index is 1.69. The molecule has 0 heterocycles. The van der Waals surface area contributed by atoms with E-state index in [1.165, 1.54) is 42.4 Å². The van der Waals surface area contributed by atoms with Crippen LogP contribution in [0.1, 0.15) is 31.2 Å². The Morgan fingerprint density at radius 2 is 1.38 bits per heavy atom. The third-order valence-corrected chi connectivity index (χ3v) is 4.86. The molecule has 1 saturated carbocycles. The maximum Gasteiger partial charge on any atom is 0.0462 e. The smallest absolute Gasteiger partial charge is 0.0462 e. The number of rotatable bonds is 4. The van der Waals surface area contributed by atoms with Gasteiger partial charge in [-0.25, -0.2) is 0 Å². The fourth-order valence-corrected chi connectivity index (χ4v) is 3.56. The minimum atomic E-state index is 0.354. The van der Waals surface area contributed by atoms with E-state index in [0.29, 0.717) is 18.4 Å². The summed E-state index contributed by atoms with van der Waals surface area (Å²) >= 11 is 0. The van der Waals surface area contributed by atoms with E-state index in [0.717, 1.165) is 6.42 Å². The van der Waals surface area contributed by atoms with E-state index in [1.807, 2.05) is 0 Å². The van der Waals surface area contributed by atoms with Crippen LogP contribution in [-0.2, 0) is 6.42 Å². The van der Waals surface area contributed by atoms with Gasteiger partial charge in [0.05, 0.1) is 0 Å². The third kappa shape index (κ3) is 3.54. The van der Waals surface area contributed by atoms with Gasteiger partial charge in [0.15, 0.2) is 0 Å². The molecule has 0 bridgehead atoms. The van der Waals surface area contributed by atoms with E-state index in [2.05, 4.69) is 54.6 Å². The molecule has 2 atom stereocenters. The van der Waals surface area contributed by atoms with Gasteiger partial charge < -0.3 is 5.11 Å². The predicted molar refractivity (Wildman–Crippen MR) is 88.1 cm³/mol. The fraction of sp³-hybridized carbons (Fsp3) is 0.400. The molecule has 1 aliphatic rings. The lowest BCUT2D eigenvalue weighted by Gasteiger charge is -2.30. The summed E-state index contributed by atoms with van der Waals surface area (Å²) in [7, 11) is 0. The Morgan fingerprint density at radius 3 is 2.05 bits per heavy atom. The lowest BCUT2D eigenvalue weighted by atomic mass is 9.76. The lowest BCUT2D eigenvalue weighted by molar-refractivity contribution is 0.134. The van der Waals surface area contributed by atoms with E-state index < -0.39 is 0 Å². The van der Waals surface area contributed by atoms with Gasteiger partial charge in [0.25, 0.3) is 0 Å². The standard InChI is InChI=1S/C20H24O/c21-15-20-9-5-4-8-19(20)14-16-10-12-18(13-11-16)17-6-2-1-3-7-17/h1-3,6-7,10-13,19-21H,4-5,8-9,14-15H2. The van der Waals surface area contributed by atoms with Crippen molar-refractivity contribution >= 4 is 0 Å². The molecular formula is C20H24O. The van der Waals surface area contributed by atoms with Crippen molar-refractivity contribution in [2.45, 2.75) is 32.1 Å². The summed E-state index contributed by atoms with van der Waals surface area (Å²) in [5.41, 5.74) is 3.96. The molecule has 0 spiro atoms. The first kappa shape index (κ1) is 14.3. The summed E-state index contributed by atoms with van der Waals surface area (Å²) in [4.78, 5) is 0. The second kappa shape index (κ2) is 6.91. The van der Waals surface area contributed by atoms with Crippen LogP contribution in [0, 0.1) is 11.8 Å². The maximum atomic E-state index is 9.53. The minimum absolute atomic E-state index is 0.354. The van der Waals surface area contributed by atoms with Crippen molar-refractivity contribution in [1.29, 1.82) is 0 Å². The second-order valence-electron chi connectivity index (χ2n) is 6.25. The number of benzene rings is 2. The zero-order valence-corrected chi connectivity index (χ0v) is 12.5. The van der Waals surface area contributed by atoms with Crippen molar-refractivity contribution in [2.75, 3.05) is 6.61 Å². The Kier molecular flexibility index (Phi) is 4.72. The van der Waals surface area contributed by atoms with Gasteiger partial charge in [-0.05, 0) is 47.8 Å². The highest BCUT2D eigenvalue weighted by Crippen LogP contribution is 2.32. The van der Waals surface area contributed by atoms with Crippen molar-refractivity contribution in [3.05, 3.63) is 60.2 Å². The van der Waals surface area contributed by atoms with E-state index in [1.54, 1.807) is 0 Å². The Bertz CT molecular complexity index is 544. The van der Waals surface area contributed by atoms with E-state index >= 15 is 0 Å². The molecule has 3 rings (SSSR count). The minimum Gasteiger partial charge on any atom is -0.396 e. The van der Waals surface area contributed by atoms with Gasteiger partial charge >= 0.3 is 0 Å². The molecular weight excluding hydrogens is 256 g/mol. The second-order valence-corrected chi connectivity index (χ2v) is 6.25. The number of aliphatic hydroxyl groups excluding tert-OH is 1. The molecule has 0 amide bonds. The summed E-state index contributed by atoms with van der Waals surface area (Å²) in [5, 5.41) is 9.53. The van der Waals surface area contributed by atoms with E-state index in [4.69, 9.17) is 0 Å². The molecule has 1 fully saturated rings. The lowest BCUT2D eigenvalue weighted by Crippen LogP contribution is -2.24. The van der Waals surface area contributed by atoms with Crippen LogP contribution in [0.4, 0.5) is 0 Å². The van der Waals surface area contributed by atoms with E-state index in [9.17, 15) is 5.11 Å². The highest BCUT2D eigenvalue weighted by Gasteiger charge is 2.24. The highest BCUT2D eigenvalue weighted by molar-refractivity contribution is 5.63. The molecule has 1 nitrogen and oxygen atoms in total. The third-order valence-electron chi connectivity index (χ3n) is 4.86. The number of hydrogen-bond acceptors (Lipinski definition) is 1. The molecule has 1 heteroatoms. The van der Waals surface area contributed by atoms with Crippen LogP contribution in [0.2, 0.25) is 0 Å². The maximum absolute atomic E-state index is 9.53. The van der Waals surface area contributed by atoms with Crippen LogP contribution in [0.15, 0.2) is 54.6 Å². The molecule has 0 radical (unpaired) electrons. The molecule has 21 heavy (non-hydrogen) atoms. The van der Waals surface area contributed by atoms with Crippen LogP contribution >= 0.6 is 0 Å². The summed E-state index contributed by atoms with van der Waals surface area (Å²) in [6, 6.07) is 19.5. The van der Waals surface area contributed by atoms with Gasteiger partial charge in [-0.3, -0.25) is 0 Å². The molecule has 2 aromatic carbocycles. The topological polar surface area (TPSA) is 20.2 Å². The Hall–Kier alpha value is -1.60. The Labute approximate surface area is 127 Å². The first-order valence-corrected chi connectivity index (χ1v) is 8.12. The molecule has 1 aliphatic carbocycles. The molecule has 2 unspecified atom stereocenters. The Morgan fingerprint density at radius 1 is 0.762 bits per heavy atom. The van der Waals surface area contributed by atoms with E-state index in [-0.39, 0.29) is 0 Å². The summed E-state index contributed by atoms with van der Waals surface area (Å²) in [5.74, 6) is 1.17. The van der Waals surface area contributed by atoms with Crippen LogP contribution < -0.4 is 0 Å². The first-order chi connectivity index (χ1) is 10.4. The molecule has 110 valence electrons. The zero-order chi connectivity index (χ0) is 14.5.